The summed E-state index contributed by atoms with van der Waals surface area (Å²) in [6.45, 7) is 0. The molecule has 0 spiro atoms. The van der Waals surface area contributed by atoms with Crippen molar-refractivity contribution in [2.75, 3.05) is 0 Å². The molecule has 0 aliphatic heterocycles. The Labute approximate surface area is 190 Å². The smallest absolute Gasteiger partial charge is 0.358 e. The standard InChI is InChI=1S/C28H24F3NO/c29-28(30,31)21-10-6-9-20(17-21)25(33)16-14-19-13-15-23-22-11-4-5-12-24(22)32-27(23)26(19)18-7-2-1-3-8-18/h1-12,17,19,26,32H,13-16H2. The van der Waals surface area contributed by atoms with Gasteiger partial charge in [0.05, 0.1) is 5.56 Å². The molecule has 2 nitrogen and oxygen atoms in total. The molecule has 0 saturated heterocycles. The topological polar surface area (TPSA) is 32.9 Å². The molecule has 1 aromatic heterocycles. The van der Waals surface area contributed by atoms with Crippen molar-refractivity contribution in [3.8, 4) is 0 Å². The molecule has 1 aliphatic rings. The van der Waals surface area contributed by atoms with Gasteiger partial charge >= 0.3 is 6.18 Å². The van der Waals surface area contributed by atoms with Gasteiger partial charge in [-0.3, -0.25) is 4.79 Å². The van der Waals surface area contributed by atoms with Crippen LogP contribution in [-0.2, 0) is 12.6 Å². The Kier molecular flexibility index (Phi) is 5.57. The second-order valence-corrected chi connectivity index (χ2v) is 8.79. The first-order chi connectivity index (χ1) is 15.9. The van der Waals surface area contributed by atoms with E-state index in [4.69, 9.17) is 0 Å². The minimum atomic E-state index is -4.45. The molecule has 1 heterocycles. The third-order valence-electron chi connectivity index (χ3n) is 6.81. The van der Waals surface area contributed by atoms with Crippen LogP contribution < -0.4 is 0 Å². The molecule has 1 aliphatic carbocycles. The van der Waals surface area contributed by atoms with Crippen molar-refractivity contribution in [2.45, 2.75) is 37.8 Å². The summed E-state index contributed by atoms with van der Waals surface area (Å²) in [7, 11) is 0. The van der Waals surface area contributed by atoms with Crippen molar-refractivity contribution >= 4 is 16.7 Å². The summed E-state index contributed by atoms with van der Waals surface area (Å²) in [6, 6.07) is 23.3. The second-order valence-electron chi connectivity index (χ2n) is 8.79. The van der Waals surface area contributed by atoms with E-state index in [-0.39, 0.29) is 29.6 Å². The minimum Gasteiger partial charge on any atom is -0.358 e. The highest BCUT2D eigenvalue weighted by molar-refractivity contribution is 5.96. The number of benzene rings is 3. The molecule has 0 radical (unpaired) electrons. The molecule has 168 valence electrons. The van der Waals surface area contributed by atoms with Crippen LogP contribution >= 0.6 is 0 Å². The summed E-state index contributed by atoms with van der Waals surface area (Å²) >= 11 is 0. The van der Waals surface area contributed by atoms with E-state index in [1.54, 1.807) is 0 Å². The Morgan fingerprint density at radius 1 is 0.939 bits per heavy atom. The molecule has 33 heavy (non-hydrogen) atoms. The van der Waals surface area contributed by atoms with Crippen LogP contribution in [0.5, 0.6) is 0 Å². The number of rotatable bonds is 5. The number of aryl methyl sites for hydroxylation is 1. The first kappa shape index (κ1) is 21.5. The van der Waals surface area contributed by atoms with E-state index in [2.05, 4.69) is 29.2 Å². The van der Waals surface area contributed by atoms with E-state index in [1.165, 1.54) is 34.3 Å². The number of carbonyl (C=O) groups excluding carboxylic acids is 1. The van der Waals surface area contributed by atoms with Crippen molar-refractivity contribution in [1.82, 2.24) is 4.98 Å². The molecule has 0 amide bonds. The van der Waals surface area contributed by atoms with Gasteiger partial charge in [0.2, 0.25) is 0 Å². The van der Waals surface area contributed by atoms with Gasteiger partial charge in [-0.2, -0.15) is 13.2 Å². The number of carbonyl (C=O) groups is 1. The van der Waals surface area contributed by atoms with Crippen molar-refractivity contribution in [3.05, 3.63) is 107 Å². The molecule has 0 fully saturated rings. The van der Waals surface area contributed by atoms with Crippen LogP contribution in [0.4, 0.5) is 13.2 Å². The predicted octanol–water partition coefficient (Wildman–Crippen LogP) is 7.54. The Balaban J connectivity index is 1.42. The van der Waals surface area contributed by atoms with Crippen molar-refractivity contribution in [1.29, 1.82) is 0 Å². The maximum absolute atomic E-state index is 13.1. The quantitative estimate of drug-likeness (QED) is 0.315. The first-order valence-electron chi connectivity index (χ1n) is 11.3. The third kappa shape index (κ3) is 4.20. The van der Waals surface area contributed by atoms with Gasteiger partial charge in [0, 0.05) is 34.5 Å². The minimum absolute atomic E-state index is 0.122. The number of aromatic nitrogens is 1. The van der Waals surface area contributed by atoms with Crippen molar-refractivity contribution in [2.24, 2.45) is 5.92 Å². The summed E-state index contributed by atoms with van der Waals surface area (Å²) in [5.41, 5.74) is 4.19. The molecule has 4 aromatic rings. The summed E-state index contributed by atoms with van der Waals surface area (Å²) in [4.78, 5) is 16.4. The van der Waals surface area contributed by atoms with Gasteiger partial charge in [-0.15, -0.1) is 0 Å². The highest BCUT2D eigenvalue weighted by Crippen LogP contribution is 2.45. The zero-order valence-corrected chi connectivity index (χ0v) is 18.0. The SMILES string of the molecule is O=C(CCC1CCc2c([nH]c3ccccc23)C1c1ccccc1)c1cccc(C(F)(F)F)c1. The fourth-order valence-electron chi connectivity index (χ4n) is 5.23. The molecule has 2 unspecified atom stereocenters. The zero-order chi connectivity index (χ0) is 23.0. The molecule has 0 saturated carbocycles. The molecule has 1 N–H and O–H groups in total. The number of ketones is 1. The monoisotopic (exact) mass is 447 g/mol. The number of fused-ring (bicyclic) bond motifs is 3. The third-order valence-corrected chi connectivity index (χ3v) is 6.81. The number of aromatic amines is 1. The van der Waals surface area contributed by atoms with Gasteiger partial charge in [0.15, 0.2) is 5.78 Å². The van der Waals surface area contributed by atoms with Gasteiger partial charge < -0.3 is 4.98 Å². The predicted molar refractivity (Wildman–Crippen MR) is 123 cm³/mol. The number of Topliss-reactive ketones (excluding diaryl/α,β-unsaturated/α-hetero) is 1. The number of hydrogen-bond acceptors (Lipinski definition) is 1. The van der Waals surface area contributed by atoms with Gasteiger partial charge in [0.25, 0.3) is 0 Å². The highest BCUT2D eigenvalue weighted by Gasteiger charge is 2.34. The van der Waals surface area contributed by atoms with Crippen LogP contribution in [0.25, 0.3) is 10.9 Å². The Hall–Kier alpha value is -3.34. The van der Waals surface area contributed by atoms with E-state index < -0.39 is 11.7 Å². The summed E-state index contributed by atoms with van der Waals surface area (Å²) in [6.07, 6.45) is -1.74. The van der Waals surface area contributed by atoms with Crippen LogP contribution in [-0.4, -0.2) is 10.8 Å². The molecular formula is C28H24F3NO. The number of alkyl halides is 3. The van der Waals surface area contributed by atoms with Crippen LogP contribution in [0.15, 0.2) is 78.9 Å². The average molecular weight is 448 g/mol. The molecule has 5 rings (SSSR count). The number of halogens is 3. The molecule has 2 atom stereocenters. The fourth-order valence-corrected chi connectivity index (χ4v) is 5.23. The van der Waals surface area contributed by atoms with Crippen molar-refractivity contribution < 1.29 is 18.0 Å². The Bertz CT molecular complexity index is 1290. The summed E-state index contributed by atoms with van der Waals surface area (Å²) < 4.78 is 39.2. The van der Waals surface area contributed by atoms with Gasteiger partial charge in [-0.25, -0.2) is 0 Å². The van der Waals surface area contributed by atoms with Crippen LogP contribution in [0, 0.1) is 5.92 Å². The lowest BCUT2D eigenvalue weighted by molar-refractivity contribution is -0.137. The van der Waals surface area contributed by atoms with E-state index in [0.29, 0.717) is 6.42 Å². The lowest BCUT2D eigenvalue weighted by Crippen LogP contribution is -2.22. The second kappa shape index (κ2) is 8.54. The van der Waals surface area contributed by atoms with E-state index in [9.17, 15) is 18.0 Å². The van der Waals surface area contributed by atoms with Crippen LogP contribution in [0.1, 0.15) is 57.9 Å². The highest BCUT2D eigenvalue weighted by atomic mass is 19.4. The zero-order valence-electron chi connectivity index (χ0n) is 18.0. The molecule has 3 aromatic carbocycles. The van der Waals surface area contributed by atoms with E-state index >= 15 is 0 Å². The first-order valence-corrected chi connectivity index (χ1v) is 11.3. The number of para-hydroxylation sites is 1. The largest absolute Gasteiger partial charge is 0.416 e. The number of hydrogen-bond donors (Lipinski definition) is 1. The number of H-pyrrole nitrogens is 1. The Morgan fingerprint density at radius 2 is 1.70 bits per heavy atom. The number of nitrogens with one attached hydrogen (secondary N) is 1. The lowest BCUT2D eigenvalue weighted by Gasteiger charge is -2.32. The van der Waals surface area contributed by atoms with E-state index in [0.717, 1.165) is 30.5 Å². The lowest BCUT2D eigenvalue weighted by atomic mass is 9.72. The normalized spacial score (nSPS) is 18.3. The Morgan fingerprint density at radius 3 is 2.48 bits per heavy atom. The van der Waals surface area contributed by atoms with Crippen LogP contribution in [0.3, 0.4) is 0 Å². The van der Waals surface area contributed by atoms with Gasteiger partial charge in [-0.1, -0.05) is 60.7 Å². The molecule has 5 heteroatoms. The van der Waals surface area contributed by atoms with E-state index in [1.807, 2.05) is 30.3 Å². The maximum atomic E-state index is 13.1. The molecular weight excluding hydrogens is 423 g/mol. The maximum Gasteiger partial charge on any atom is 0.416 e. The van der Waals surface area contributed by atoms with Gasteiger partial charge in [0.1, 0.15) is 0 Å². The molecule has 0 bridgehead atoms. The fraction of sp³-hybridized carbons (Fsp3) is 0.250. The van der Waals surface area contributed by atoms with Crippen LogP contribution in [0.2, 0.25) is 0 Å². The summed E-state index contributed by atoms with van der Waals surface area (Å²) in [5.74, 6) is 0.106. The van der Waals surface area contributed by atoms with Crippen molar-refractivity contribution in [3.63, 3.8) is 0 Å². The summed E-state index contributed by atoms with van der Waals surface area (Å²) in [5, 5.41) is 1.24. The average Bonchev–Trinajstić information content (AvgIpc) is 3.21. The van der Waals surface area contributed by atoms with Gasteiger partial charge in [-0.05, 0) is 54.5 Å².